The molecule has 2 aromatic carbocycles. The molecule has 0 heterocycles. The van der Waals surface area contributed by atoms with Gasteiger partial charge in [-0.2, -0.15) is 0 Å². The van der Waals surface area contributed by atoms with Crippen molar-refractivity contribution >= 4 is 17.9 Å². The van der Waals surface area contributed by atoms with Crippen molar-refractivity contribution in [1.82, 2.24) is 0 Å². The predicted molar refractivity (Wildman–Crippen MR) is 71.7 cm³/mol. The molecule has 0 aliphatic heterocycles. The molecule has 0 unspecified atom stereocenters. The number of aldehydes is 1. The summed E-state index contributed by atoms with van der Waals surface area (Å²) < 4.78 is 0. The summed E-state index contributed by atoms with van der Waals surface area (Å²) in [6.07, 6.45) is 1.84. The van der Waals surface area contributed by atoms with E-state index < -0.39 is 0 Å². The topological polar surface area (TPSA) is 17.1 Å². The highest BCUT2D eigenvalue weighted by Crippen LogP contribution is 2.26. The molecule has 0 aliphatic rings. The summed E-state index contributed by atoms with van der Waals surface area (Å²) in [5.41, 5.74) is 3.85. The summed E-state index contributed by atoms with van der Waals surface area (Å²) in [4.78, 5) is 11.0. The molecule has 2 heteroatoms. The van der Waals surface area contributed by atoms with Crippen molar-refractivity contribution in [2.45, 2.75) is 13.3 Å². The van der Waals surface area contributed by atoms with Crippen molar-refractivity contribution in [3.05, 3.63) is 58.6 Å². The summed E-state index contributed by atoms with van der Waals surface area (Å²) in [5.74, 6) is 0. The zero-order valence-corrected chi connectivity index (χ0v) is 10.4. The van der Waals surface area contributed by atoms with Gasteiger partial charge in [0.25, 0.3) is 0 Å². The second-order valence-electron chi connectivity index (χ2n) is 3.90. The van der Waals surface area contributed by atoms with Crippen LogP contribution in [0.15, 0.2) is 42.5 Å². The van der Waals surface area contributed by atoms with Crippen molar-refractivity contribution in [3.63, 3.8) is 0 Å². The van der Waals surface area contributed by atoms with E-state index in [1.165, 1.54) is 5.56 Å². The molecule has 0 spiro atoms. The molecule has 0 bridgehead atoms. The second kappa shape index (κ2) is 5.15. The van der Waals surface area contributed by atoms with Crippen molar-refractivity contribution in [1.29, 1.82) is 0 Å². The summed E-state index contributed by atoms with van der Waals surface area (Å²) in [6, 6.07) is 13.5. The van der Waals surface area contributed by atoms with E-state index in [2.05, 4.69) is 19.1 Å². The number of carbonyl (C=O) groups excluding carboxylic acids is 1. The van der Waals surface area contributed by atoms with E-state index >= 15 is 0 Å². The maximum atomic E-state index is 11.0. The molecule has 0 saturated heterocycles. The molecule has 0 aromatic heterocycles. The third-order valence-corrected chi connectivity index (χ3v) is 3.02. The first-order valence-corrected chi connectivity index (χ1v) is 5.96. The average Bonchev–Trinajstić information content (AvgIpc) is 2.39. The van der Waals surface area contributed by atoms with Gasteiger partial charge in [-0.25, -0.2) is 0 Å². The highest BCUT2D eigenvalue weighted by Gasteiger charge is 2.05. The first-order valence-electron chi connectivity index (χ1n) is 5.58. The zero-order chi connectivity index (χ0) is 12.3. The van der Waals surface area contributed by atoms with Gasteiger partial charge in [-0.1, -0.05) is 42.8 Å². The Morgan fingerprint density at radius 3 is 2.71 bits per heavy atom. The van der Waals surface area contributed by atoms with Gasteiger partial charge in [0.15, 0.2) is 6.29 Å². The van der Waals surface area contributed by atoms with Crippen molar-refractivity contribution in [3.8, 4) is 11.1 Å². The molecule has 0 aliphatic carbocycles. The zero-order valence-electron chi connectivity index (χ0n) is 9.61. The van der Waals surface area contributed by atoms with Crippen LogP contribution < -0.4 is 0 Å². The maximum absolute atomic E-state index is 11.0. The standard InChI is InChI=1S/C15H13ClO/c1-2-11-4-3-5-12(8-11)15-9-14(16)7-6-13(15)10-17/h3-10H,2H2,1H3. The van der Waals surface area contributed by atoms with Gasteiger partial charge >= 0.3 is 0 Å². The lowest BCUT2D eigenvalue weighted by atomic mass is 9.98. The predicted octanol–water partition coefficient (Wildman–Crippen LogP) is 4.38. The molecular formula is C15H13ClO. The third kappa shape index (κ3) is 2.56. The van der Waals surface area contributed by atoms with E-state index in [0.717, 1.165) is 23.8 Å². The Morgan fingerprint density at radius 2 is 2.00 bits per heavy atom. The highest BCUT2D eigenvalue weighted by molar-refractivity contribution is 6.31. The molecule has 0 fully saturated rings. The molecule has 0 N–H and O–H groups in total. The van der Waals surface area contributed by atoms with Crippen molar-refractivity contribution in [2.75, 3.05) is 0 Å². The Kier molecular flexibility index (Phi) is 3.60. The Morgan fingerprint density at radius 1 is 1.18 bits per heavy atom. The molecular weight excluding hydrogens is 232 g/mol. The van der Waals surface area contributed by atoms with E-state index in [0.29, 0.717) is 10.6 Å². The van der Waals surface area contributed by atoms with E-state index in [4.69, 9.17) is 11.6 Å². The molecule has 0 saturated carbocycles. The van der Waals surface area contributed by atoms with Crippen molar-refractivity contribution < 1.29 is 4.79 Å². The van der Waals surface area contributed by atoms with Gasteiger partial charge in [-0.3, -0.25) is 4.79 Å². The fourth-order valence-electron chi connectivity index (χ4n) is 1.84. The minimum atomic E-state index is 0.646. The van der Waals surface area contributed by atoms with E-state index in [-0.39, 0.29) is 0 Å². The lowest BCUT2D eigenvalue weighted by Crippen LogP contribution is -1.89. The van der Waals surface area contributed by atoms with Crippen LogP contribution in [0.3, 0.4) is 0 Å². The lowest BCUT2D eigenvalue weighted by Gasteiger charge is -2.07. The highest BCUT2D eigenvalue weighted by atomic mass is 35.5. The normalized spacial score (nSPS) is 10.2. The summed E-state index contributed by atoms with van der Waals surface area (Å²) in [6.45, 7) is 2.11. The molecule has 2 aromatic rings. The monoisotopic (exact) mass is 244 g/mol. The molecule has 0 atom stereocenters. The van der Waals surface area contributed by atoms with Crippen LogP contribution in [-0.4, -0.2) is 6.29 Å². The van der Waals surface area contributed by atoms with Crippen LogP contribution in [-0.2, 0) is 6.42 Å². The number of halogens is 1. The molecule has 17 heavy (non-hydrogen) atoms. The van der Waals surface area contributed by atoms with Gasteiger partial charge < -0.3 is 0 Å². The van der Waals surface area contributed by atoms with Gasteiger partial charge in [0.1, 0.15) is 0 Å². The SMILES string of the molecule is CCc1cccc(-c2cc(Cl)ccc2C=O)c1. The minimum Gasteiger partial charge on any atom is -0.298 e. The van der Waals surface area contributed by atoms with Gasteiger partial charge in [-0.05, 0) is 41.3 Å². The summed E-state index contributed by atoms with van der Waals surface area (Å²) >= 11 is 5.98. The van der Waals surface area contributed by atoms with E-state index in [1.807, 2.05) is 18.2 Å². The summed E-state index contributed by atoms with van der Waals surface area (Å²) in [5, 5.41) is 0.646. The Bertz CT molecular complexity index is 546. The third-order valence-electron chi connectivity index (χ3n) is 2.79. The van der Waals surface area contributed by atoms with Crippen LogP contribution in [0.5, 0.6) is 0 Å². The number of benzene rings is 2. The average molecular weight is 245 g/mol. The lowest BCUT2D eigenvalue weighted by molar-refractivity contribution is 0.112. The van der Waals surface area contributed by atoms with Crippen LogP contribution in [0.25, 0.3) is 11.1 Å². The van der Waals surface area contributed by atoms with Crippen LogP contribution in [0.4, 0.5) is 0 Å². The fraction of sp³-hybridized carbons (Fsp3) is 0.133. The van der Waals surface area contributed by atoms with Gasteiger partial charge in [0, 0.05) is 10.6 Å². The minimum absolute atomic E-state index is 0.646. The fourth-order valence-corrected chi connectivity index (χ4v) is 2.01. The molecule has 0 amide bonds. The first-order chi connectivity index (χ1) is 8.24. The smallest absolute Gasteiger partial charge is 0.150 e. The number of aryl methyl sites for hydroxylation is 1. The van der Waals surface area contributed by atoms with E-state index in [9.17, 15) is 4.79 Å². The Balaban J connectivity index is 2.58. The molecule has 1 nitrogen and oxygen atoms in total. The molecule has 0 radical (unpaired) electrons. The largest absolute Gasteiger partial charge is 0.298 e. The van der Waals surface area contributed by atoms with Crippen LogP contribution in [0, 0.1) is 0 Å². The summed E-state index contributed by atoms with van der Waals surface area (Å²) in [7, 11) is 0. The van der Waals surface area contributed by atoms with Crippen LogP contribution in [0.2, 0.25) is 5.02 Å². The Hall–Kier alpha value is -1.60. The quantitative estimate of drug-likeness (QED) is 0.733. The molecule has 2 rings (SSSR count). The van der Waals surface area contributed by atoms with Crippen LogP contribution in [0.1, 0.15) is 22.8 Å². The first kappa shape index (κ1) is 11.9. The van der Waals surface area contributed by atoms with Gasteiger partial charge in [0.2, 0.25) is 0 Å². The number of hydrogen-bond donors (Lipinski definition) is 0. The Labute approximate surface area is 106 Å². The number of carbonyl (C=O) groups is 1. The van der Waals surface area contributed by atoms with E-state index in [1.54, 1.807) is 12.1 Å². The van der Waals surface area contributed by atoms with Crippen LogP contribution >= 0.6 is 11.6 Å². The second-order valence-corrected chi connectivity index (χ2v) is 4.34. The number of rotatable bonds is 3. The van der Waals surface area contributed by atoms with Gasteiger partial charge in [-0.15, -0.1) is 0 Å². The maximum Gasteiger partial charge on any atom is 0.150 e. The number of hydrogen-bond acceptors (Lipinski definition) is 1. The molecule has 86 valence electrons. The van der Waals surface area contributed by atoms with Crippen molar-refractivity contribution in [2.24, 2.45) is 0 Å². The van der Waals surface area contributed by atoms with Gasteiger partial charge in [0.05, 0.1) is 0 Å².